The zero-order chi connectivity index (χ0) is 19.7. The van der Waals surface area contributed by atoms with Crippen LogP contribution in [0.2, 0.25) is 0 Å². The second kappa shape index (κ2) is 7.44. The van der Waals surface area contributed by atoms with Gasteiger partial charge in [-0.3, -0.25) is 14.7 Å². The van der Waals surface area contributed by atoms with Gasteiger partial charge in [-0.05, 0) is 19.9 Å². The van der Waals surface area contributed by atoms with Crippen molar-refractivity contribution in [1.82, 2.24) is 15.2 Å². The fourth-order valence-electron chi connectivity index (χ4n) is 3.29. The van der Waals surface area contributed by atoms with Gasteiger partial charge in [0, 0.05) is 36.8 Å². The Hall–Kier alpha value is -2.19. The van der Waals surface area contributed by atoms with Crippen molar-refractivity contribution in [2.75, 3.05) is 32.8 Å². The third kappa shape index (κ3) is 4.22. The number of halogens is 3. The van der Waals surface area contributed by atoms with Crippen LogP contribution in [-0.2, 0) is 10.9 Å². The molecule has 1 amide bonds. The number of nitrogens with zero attached hydrogens (tertiary/aromatic N) is 2. The number of amides is 1. The lowest BCUT2D eigenvalue weighted by Crippen LogP contribution is -2.55. The Morgan fingerprint density at radius 1 is 1.22 bits per heavy atom. The van der Waals surface area contributed by atoms with Gasteiger partial charge in [0.1, 0.15) is 0 Å². The van der Waals surface area contributed by atoms with E-state index in [1.165, 1.54) is 18.2 Å². The van der Waals surface area contributed by atoms with Gasteiger partial charge in [-0.1, -0.05) is 18.2 Å². The van der Waals surface area contributed by atoms with Crippen molar-refractivity contribution in [2.45, 2.75) is 25.6 Å². The standard InChI is InChI=1S/C19H22F3N3O2/c1-18(2,25-7-9-27-10-8-25)12-24-17(26)14-11-23-15-6-4-3-5-13(15)16(14)19(20,21)22/h3-6,11H,7-10,12H2,1-2H3,(H,24,26). The van der Waals surface area contributed by atoms with E-state index in [1.54, 1.807) is 6.07 Å². The molecule has 1 saturated heterocycles. The van der Waals surface area contributed by atoms with E-state index in [-0.39, 0.29) is 17.4 Å². The summed E-state index contributed by atoms with van der Waals surface area (Å²) in [6.07, 6.45) is -3.66. The number of pyridine rings is 1. The van der Waals surface area contributed by atoms with E-state index >= 15 is 0 Å². The maximum Gasteiger partial charge on any atom is 0.417 e. The predicted molar refractivity (Wildman–Crippen MR) is 95.5 cm³/mol. The van der Waals surface area contributed by atoms with E-state index in [4.69, 9.17) is 4.74 Å². The summed E-state index contributed by atoms with van der Waals surface area (Å²) < 4.78 is 46.3. The number of hydrogen-bond acceptors (Lipinski definition) is 4. The number of morpholine rings is 1. The number of benzene rings is 1. The largest absolute Gasteiger partial charge is 0.417 e. The van der Waals surface area contributed by atoms with Crippen LogP contribution in [0.4, 0.5) is 13.2 Å². The minimum absolute atomic E-state index is 0.0786. The van der Waals surface area contributed by atoms with Crippen molar-refractivity contribution < 1.29 is 22.7 Å². The molecule has 0 aliphatic carbocycles. The van der Waals surface area contributed by atoms with Crippen LogP contribution in [0.25, 0.3) is 10.9 Å². The maximum absolute atomic E-state index is 13.7. The molecule has 5 nitrogen and oxygen atoms in total. The highest BCUT2D eigenvalue weighted by molar-refractivity contribution is 6.00. The van der Waals surface area contributed by atoms with Crippen LogP contribution in [0.3, 0.4) is 0 Å². The van der Waals surface area contributed by atoms with Crippen molar-refractivity contribution in [3.63, 3.8) is 0 Å². The summed E-state index contributed by atoms with van der Waals surface area (Å²) in [5.74, 6) is -0.776. The molecule has 0 spiro atoms. The van der Waals surface area contributed by atoms with Crippen LogP contribution in [0.1, 0.15) is 29.8 Å². The summed E-state index contributed by atoms with van der Waals surface area (Å²) in [5, 5.41) is 2.57. The number of nitrogens with one attached hydrogen (secondary N) is 1. The Balaban J connectivity index is 1.85. The molecule has 0 radical (unpaired) electrons. The van der Waals surface area contributed by atoms with Crippen LogP contribution in [0.15, 0.2) is 30.5 Å². The second-order valence-electron chi connectivity index (χ2n) is 7.16. The van der Waals surface area contributed by atoms with E-state index in [0.717, 1.165) is 6.20 Å². The molecule has 0 atom stereocenters. The van der Waals surface area contributed by atoms with Crippen molar-refractivity contribution in [1.29, 1.82) is 0 Å². The highest BCUT2D eigenvalue weighted by Gasteiger charge is 2.38. The van der Waals surface area contributed by atoms with Gasteiger partial charge in [0.05, 0.1) is 29.9 Å². The molecule has 1 N–H and O–H groups in total. The number of para-hydroxylation sites is 1. The number of ether oxygens (including phenoxy) is 1. The summed E-state index contributed by atoms with van der Waals surface area (Å²) in [4.78, 5) is 18.8. The first-order valence-corrected chi connectivity index (χ1v) is 8.76. The number of aromatic nitrogens is 1. The van der Waals surface area contributed by atoms with E-state index in [9.17, 15) is 18.0 Å². The molecule has 1 aromatic heterocycles. The van der Waals surface area contributed by atoms with Crippen LogP contribution >= 0.6 is 0 Å². The Kier molecular flexibility index (Phi) is 5.39. The molecule has 1 fully saturated rings. The van der Waals surface area contributed by atoms with Gasteiger partial charge in [0.2, 0.25) is 0 Å². The van der Waals surface area contributed by atoms with E-state index in [0.29, 0.717) is 26.3 Å². The smallest absolute Gasteiger partial charge is 0.379 e. The van der Waals surface area contributed by atoms with Crippen LogP contribution < -0.4 is 5.32 Å². The molecule has 1 aliphatic rings. The van der Waals surface area contributed by atoms with Crippen molar-refractivity contribution >= 4 is 16.8 Å². The Morgan fingerprint density at radius 2 is 1.89 bits per heavy atom. The number of carbonyl (C=O) groups excluding carboxylic acids is 1. The van der Waals surface area contributed by atoms with Crippen molar-refractivity contribution in [3.05, 3.63) is 41.6 Å². The van der Waals surface area contributed by atoms with E-state index in [1.807, 2.05) is 13.8 Å². The van der Waals surface area contributed by atoms with Gasteiger partial charge in [0.15, 0.2) is 0 Å². The van der Waals surface area contributed by atoms with Gasteiger partial charge in [0.25, 0.3) is 5.91 Å². The molecular weight excluding hydrogens is 359 g/mol. The average Bonchev–Trinajstić information content (AvgIpc) is 2.65. The number of alkyl halides is 3. The molecular formula is C19H22F3N3O2. The topological polar surface area (TPSA) is 54.5 Å². The Bertz CT molecular complexity index is 831. The SMILES string of the molecule is CC(C)(CNC(=O)c1cnc2ccccc2c1C(F)(F)F)N1CCOCC1. The normalized spacial score (nSPS) is 16.5. The summed E-state index contributed by atoms with van der Waals surface area (Å²) in [6, 6.07) is 5.94. The third-order valence-electron chi connectivity index (χ3n) is 4.85. The minimum Gasteiger partial charge on any atom is -0.379 e. The molecule has 27 heavy (non-hydrogen) atoms. The Labute approximate surface area is 155 Å². The molecule has 1 aromatic carbocycles. The monoisotopic (exact) mass is 381 g/mol. The fraction of sp³-hybridized carbons (Fsp3) is 0.474. The van der Waals surface area contributed by atoms with Crippen molar-refractivity contribution in [3.8, 4) is 0 Å². The highest BCUT2D eigenvalue weighted by Crippen LogP contribution is 2.36. The summed E-state index contributed by atoms with van der Waals surface area (Å²) in [5.41, 5.74) is -1.61. The minimum atomic E-state index is -4.66. The van der Waals surface area contributed by atoms with Gasteiger partial charge in [-0.25, -0.2) is 0 Å². The van der Waals surface area contributed by atoms with E-state index < -0.39 is 28.7 Å². The van der Waals surface area contributed by atoms with Crippen LogP contribution in [0.5, 0.6) is 0 Å². The number of carbonyl (C=O) groups is 1. The van der Waals surface area contributed by atoms with Crippen molar-refractivity contribution in [2.24, 2.45) is 0 Å². The summed E-state index contributed by atoms with van der Waals surface area (Å²) >= 11 is 0. The average molecular weight is 381 g/mol. The lowest BCUT2D eigenvalue weighted by Gasteiger charge is -2.40. The number of hydrogen-bond donors (Lipinski definition) is 1. The zero-order valence-corrected chi connectivity index (χ0v) is 15.3. The molecule has 0 saturated carbocycles. The van der Waals surface area contributed by atoms with E-state index in [2.05, 4.69) is 15.2 Å². The lowest BCUT2D eigenvalue weighted by atomic mass is 10.00. The quantitative estimate of drug-likeness (QED) is 0.884. The Morgan fingerprint density at radius 3 is 2.56 bits per heavy atom. The fourth-order valence-corrected chi connectivity index (χ4v) is 3.29. The first-order valence-electron chi connectivity index (χ1n) is 8.76. The van der Waals surface area contributed by atoms with Crippen LogP contribution in [0, 0.1) is 0 Å². The molecule has 0 bridgehead atoms. The second-order valence-corrected chi connectivity index (χ2v) is 7.16. The molecule has 0 unspecified atom stereocenters. The van der Waals surface area contributed by atoms with Gasteiger partial charge >= 0.3 is 6.18 Å². The molecule has 146 valence electrons. The van der Waals surface area contributed by atoms with Crippen LogP contribution in [-0.4, -0.2) is 54.2 Å². The first-order chi connectivity index (χ1) is 12.7. The highest BCUT2D eigenvalue weighted by atomic mass is 19.4. The maximum atomic E-state index is 13.7. The molecule has 8 heteroatoms. The lowest BCUT2D eigenvalue weighted by molar-refractivity contribution is -0.136. The predicted octanol–water partition coefficient (Wildman–Crippen LogP) is 3.09. The number of rotatable bonds is 4. The third-order valence-corrected chi connectivity index (χ3v) is 4.85. The molecule has 1 aliphatic heterocycles. The first kappa shape index (κ1) is 19.6. The molecule has 2 heterocycles. The molecule has 2 aromatic rings. The van der Waals surface area contributed by atoms with Gasteiger partial charge < -0.3 is 10.1 Å². The summed E-state index contributed by atoms with van der Waals surface area (Å²) in [6.45, 7) is 6.75. The van der Waals surface area contributed by atoms with Gasteiger partial charge in [-0.2, -0.15) is 13.2 Å². The zero-order valence-electron chi connectivity index (χ0n) is 15.3. The summed E-state index contributed by atoms with van der Waals surface area (Å²) in [7, 11) is 0. The molecule has 3 rings (SSSR count). The van der Waals surface area contributed by atoms with Gasteiger partial charge in [-0.15, -0.1) is 0 Å². The number of fused-ring (bicyclic) bond motifs is 1.